The second kappa shape index (κ2) is 12.9. The van der Waals surface area contributed by atoms with Gasteiger partial charge in [-0.3, -0.25) is 14.6 Å². The van der Waals surface area contributed by atoms with Gasteiger partial charge in [-0.2, -0.15) is 0 Å². The Bertz CT molecular complexity index is 581. The van der Waals surface area contributed by atoms with Crippen LogP contribution < -0.4 is 27.8 Å². The van der Waals surface area contributed by atoms with Crippen LogP contribution in [-0.2, 0) is 14.4 Å². The normalized spacial score (nSPS) is 18.1. The molecular weight excluding hydrogens is 378 g/mol. The van der Waals surface area contributed by atoms with Crippen molar-refractivity contribution in [3.05, 3.63) is 0 Å². The Morgan fingerprint density at radius 2 is 1.86 bits per heavy atom. The van der Waals surface area contributed by atoms with Crippen LogP contribution in [0.25, 0.3) is 0 Å². The second-order valence-electron chi connectivity index (χ2n) is 7.16. The monoisotopic (exact) mass is 413 g/mol. The zero-order valence-corrected chi connectivity index (χ0v) is 17.1. The van der Waals surface area contributed by atoms with E-state index in [-0.39, 0.29) is 11.9 Å². The van der Waals surface area contributed by atoms with Gasteiger partial charge in [-0.1, -0.05) is 0 Å². The van der Waals surface area contributed by atoms with E-state index in [0.29, 0.717) is 64.6 Å². The zero-order valence-electron chi connectivity index (χ0n) is 17.1. The number of nitrogens with two attached hydrogens (primary N) is 3. The predicted molar refractivity (Wildman–Crippen MR) is 110 cm³/mol. The average Bonchev–Trinajstić information content (AvgIpc) is 3.16. The fourth-order valence-corrected chi connectivity index (χ4v) is 3.42. The average molecular weight is 414 g/mol. The van der Waals surface area contributed by atoms with Gasteiger partial charge in [0, 0.05) is 13.1 Å². The van der Waals surface area contributed by atoms with Crippen LogP contribution in [0.1, 0.15) is 44.9 Å². The van der Waals surface area contributed by atoms with E-state index in [2.05, 4.69) is 15.6 Å². The third-order valence-electron chi connectivity index (χ3n) is 4.99. The molecule has 29 heavy (non-hydrogen) atoms. The quantitative estimate of drug-likeness (QED) is 0.117. The van der Waals surface area contributed by atoms with Gasteiger partial charge in [0.1, 0.15) is 12.1 Å². The minimum absolute atomic E-state index is 0.00746. The molecule has 0 aromatic heterocycles. The molecule has 0 bridgehead atoms. The Labute approximate surface area is 171 Å². The smallest absolute Gasteiger partial charge is 0.326 e. The number of carbonyl (C=O) groups excluding carboxylic acids is 2. The fourth-order valence-electron chi connectivity index (χ4n) is 3.42. The summed E-state index contributed by atoms with van der Waals surface area (Å²) in [5.41, 5.74) is 16.0. The largest absolute Gasteiger partial charge is 0.480 e. The van der Waals surface area contributed by atoms with Gasteiger partial charge >= 0.3 is 5.97 Å². The molecule has 1 unspecified atom stereocenters. The van der Waals surface area contributed by atoms with E-state index in [1.165, 1.54) is 4.90 Å². The van der Waals surface area contributed by atoms with Gasteiger partial charge in [-0.25, -0.2) is 4.79 Å². The number of nitrogens with one attached hydrogen (secondary N) is 2. The number of nitrogens with zero attached hydrogens (tertiary/aromatic N) is 2. The van der Waals surface area contributed by atoms with E-state index in [0.717, 1.165) is 0 Å². The molecule has 11 nitrogen and oxygen atoms in total. The summed E-state index contributed by atoms with van der Waals surface area (Å²) in [5.74, 6) is -1.68. The first kappa shape index (κ1) is 24.6. The Kier molecular flexibility index (Phi) is 11.0. The molecule has 1 saturated heterocycles. The highest BCUT2D eigenvalue weighted by molar-refractivity contribution is 5.92. The predicted octanol–water partition coefficient (Wildman–Crippen LogP) is -1.68. The maximum atomic E-state index is 12.9. The molecule has 166 valence electrons. The Balaban J connectivity index is 2.68. The topological polar surface area (TPSA) is 189 Å². The summed E-state index contributed by atoms with van der Waals surface area (Å²) in [6.45, 7) is 1.36. The Morgan fingerprint density at radius 1 is 1.17 bits per heavy atom. The summed E-state index contributed by atoms with van der Waals surface area (Å²) in [7, 11) is 1.69. The molecule has 1 heterocycles. The second-order valence-corrected chi connectivity index (χ2v) is 7.16. The summed E-state index contributed by atoms with van der Waals surface area (Å²) in [6.07, 6.45) is 3.95. The van der Waals surface area contributed by atoms with E-state index in [4.69, 9.17) is 17.2 Å². The van der Waals surface area contributed by atoms with Gasteiger partial charge in [-0.15, -0.1) is 0 Å². The summed E-state index contributed by atoms with van der Waals surface area (Å²) >= 11 is 0. The van der Waals surface area contributed by atoms with Crippen molar-refractivity contribution >= 4 is 23.7 Å². The van der Waals surface area contributed by atoms with Crippen molar-refractivity contribution in [1.82, 2.24) is 15.5 Å². The fraction of sp³-hybridized carbons (Fsp3) is 0.778. The van der Waals surface area contributed by atoms with Crippen LogP contribution in [0.4, 0.5) is 0 Å². The summed E-state index contributed by atoms with van der Waals surface area (Å²) in [6, 6.07) is -2.10. The number of hydrogen-bond acceptors (Lipinski definition) is 6. The minimum atomic E-state index is -1.08. The summed E-state index contributed by atoms with van der Waals surface area (Å²) < 4.78 is 0. The Morgan fingerprint density at radius 3 is 2.45 bits per heavy atom. The van der Waals surface area contributed by atoms with Crippen molar-refractivity contribution < 1.29 is 19.5 Å². The molecule has 1 aliphatic rings. The number of hydrogen-bond donors (Lipinski definition) is 6. The van der Waals surface area contributed by atoms with Crippen LogP contribution in [0.5, 0.6) is 0 Å². The molecule has 0 aromatic rings. The maximum Gasteiger partial charge on any atom is 0.326 e. The molecule has 3 atom stereocenters. The number of carboxylic acid groups (broad SMARTS) is 1. The maximum absolute atomic E-state index is 12.9. The molecule has 1 fully saturated rings. The number of carbonyl (C=O) groups is 3. The highest BCUT2D eigenvalue weighted by Crippen LogP contribution is 2.20. The van der Waals surface area contributed by atoms with Gasteiger partial charge in [0.25, 0.3) is 0 Å². The van der Waals surface area contributed by atoms with E-state index >= 15 is 0 Å². The third kappa shape index (κ3) is 8.24. The van der Waals surface area contributed by atoms with Crippen LogP contribution in [0.15, 0.2) is 4.99 Å². The minimum Gasteiger partial charge on any atom is -0.480 e. The molecular formula is C18H35N7O4. The molecule has 1 rings (SSSR count). The van der Waals surface area contributed by atoms with Crippen LogP contribution >= 0.6 is 0 Å². The van der Waals surface area contributed by atoms with E-state index < -0.39 is 30.0 Å². The van der Waals surface area contributed by atoms with Gasteiger partial charge in [0.2, 0.25) is 11.8 Å². The number of likely N-dealkylation sites (N-methyl/N-ethyl adjacent to an activating group) is 1. The van der Waals surface area contributed by atoms with E-state index in [9.17, 15) is 19.5 Å². The van der Waals surface area contributed by atoms with Crippen LogP contribution in [-0.4, -0.2) is 78.6 Å². The van der Waals surface area contributed by atoms with Crippen LogP contribution in [0.3, 0.4) is 0 Å². The van der Waals surface area contributed by atoms with Gasteiger partial charge in [0.05, 0.1) is 6.04 Å². The molecule has 0 aliphatic carbocycles. The van der Waals surface area contributed by atoms with Gasteiger partial charge < -0.3 is 37.8 Å². The number of rotatable bonds is 13. The SMILES string of the molecule is CN[C@@H](CCCN=C(N)N)C(=O)N1CCC[C@H]1C(=O)NC(CCCCN)C(=O)O. The van der Waals surface area contributed by atoms with E-state index in [1.54, 1.807) is 7.05 Å². The molecule has 0 radical (unpaired) electrons. The number of likely N-dealkylation sites (tertiary alicyclic amines) is 1. The van der Waals surface area contributed by atoms with Crippen molar-refractivity contribution in [2.24, 2.45) is 22.2 Å². The number of amides is 2. The molecule has 1 aliphatic heterocycles. The van der Waals surface area contributed by atoms with Gasteiger partial charge in [-0.05, 0) is 58.5 Å². The Hall–Kier alpha value is -2.40. The summed E-state index contributed by atoms with van der Waals surface area (Å²) in [5, 5.41) is 14.9. The molecule has 0 saturated carbocycles. The lowest BCUT2D eigenvalue weighted by Crippen LogP contribution is -2.54. The third-order valence-corrected chi connectivity index (χ3v) is 4.99. The van der Waals surface area contributed by atoms with Crippen molar-refractivity contribution in [1.29, 1.82) is 0 Å². The lowest BCUT2D eigenvalue weighted by Gasteiger charge is -2.29. The van der Waals surface area contributed by atoms with Crippen molar-refractivity contribution in [2.75, 3.05) is 26.7 Å². The first-order valence-corrected chi connectivity index (χ1v) is 10.1. The number of guanidine groups is 1. The van der Waals surface area contributed by atoms with E-state index in [1.807, 2.05) is 0 Å². The first-order valence-electron chi connectivity index (χ1n) is 10.1. The first-order chi connectivity index (χ1) is 13.8. The van der Waals surface area contributed by atoms with Crippen molar-refractivity contribution in [3.63, 3.8) is 0 Å². The lowest BCUT2D eigenvalue weighted by atomic mass is 10.1. The highest BCUT2D eigenvalue weighted by atomic mass is 16.4. The standard InChI is InChI=1S/C18H35N7O4/c1-22-12(7-4-10-23-18(20)21)16(27)25-11-5-8-14(25)15(26)24-13(17(28)29)6-2-3-9-19/h12-14,22H,2-11,19H2,1H3,(H,24,26)(H,28,29)(H4,20,21,23)/t12-,13?,14-/m0/s1. The molecule has 0 aromatic carbocycles. The van der Waals surface area contributed by atoms with Gasteiger partial charge in [0.15, 0.2) is 5.96 Å². The highest BCUT2D eigenvalue weighted by Gasteiger charge is 2.37. The van der Waals surface area contributed by atoms with Crippen molar-refractivity contribution in [2.45, 2.75) is 63.1 Å². The molecule has 11 heteroatoms. The molecule has 2 amide bonds. The number of carboxylic acids is 1. The number of aliphatic carboxylic acids is 1. The van der Waals surface area contributed by atoms with Crippen LogP contribution in [0.2, 0.25) is 0 Å². The number of unbranched alkanes of at least 4 members (excludes halogenated alkanes) is 1. The number of aliphatic imine (C=N–C) groups is 1. The lowest BCUT2D eigenvalue weighted by molar-refractivity contribution is -0.144. The van der Waals surface area contributed by atoms with Crippen LogP contribution in [0, 0.1) is 0 Å². The molecule has 9 N–H and O–H groups in total. The van der Waals surface area contributed by atoms with Crippen molar-refractivity contribution in [3.8, 4) is 0 Å². The zero-order chi connectivity index (χ0) is 21.8. The summed E-state index contributed by atoms with van der Waals surface area (Å²) in [4.78, 5) is 42.5. The molecule has 0 spiro atoms.